The van der Waals surface area contributed by atoms with Gasteiger partial charge in [-0.15, -0.1) is 0 Å². The van der Waals surface area contributed by atoms with E-state index in [2.05, 4.69) is 6.92 Å². The fraction of sp³-hybridized carbons (Fsp3) is 0.300. The minimum Gasteiger partial charge on any atom is -0.399 e. The van der Waals surface area contributed by atoms with Crippen molar-refractivity contribution in [3.8, 4) is 0 Å². The molecule has 4 nitrogen and oxygen atoms in total. The van der Waals surface area contributed by atoms with E-state index in [1.165, 1.54) is 0 Å². The Labute approximate surface area is 142 Å². The van der Waals surface area contributed by atoms with E-state index in [0.717, 1.165) is 19.3 Å². The fourth-order valence-electron chi connectivity index (χ4n) is 2.68. The maximum Gasteiger partial charge on any atom is 0.173 e. The first-order valence-electron chi connectivity index (χ1n) is 8.32. The number of benzene rings is 2. The molecule has 0 spiro atoms. The number of rotatable bonds is 8. The molecule has 0 aliphatic carbocycles. The van der Waals surface area contributed by atoms with Gasteiger partial charge in [-0.3, -0.25) is 9.59 Å². The highest BCUT2D eigenvalue weighted by atomic mass is 16.2. The Hall–Kier alpha value is -2.62. The Morgan fingerprint density at radius 3 is 1.58 bits per heavy atom. The summed E-state index contributed by atoms with van der Waals surface area (Å²) in [7, 11) is 0. The molecule has 0 fully saturated rings. The first kappa shape index (κ1) is 17.7. The van der Waals surface area contributed by atoms with Gasteiger partial charge in [0.05, 0.1) is 5.92 Å². The first-order chi connectivity index (χ1) is 11.5. The Morgan fingerprint density at radius 1 is 0.792 bits per heavy atom. The number of unbranched alkanes of at least 4 members (excludes halogenated alkanes) is 2. The topological polar surface area (TPSA) is 86.2 Å². The predicted molar refractivity (Wildman–Crippen MR) is 98.0 cm³/mol. The number of carbonyl (C=O) groups is 2. The Kier molecular flexibility index (Phi) is 6.13. The highest BCUT2D eigenvalue weighted by Crippen LogP contribution is 2.22. The molecule has 0 unspecified atom stereocenters. The van der Waals surface area contributed by atoms with Crippen LogP contribution in [0.15, 0.2) is 48.5 Å². The van der Waals surface area contributed by atoms with Crippen LogP contribution in [0.2, 0.25) is 0 Å². The van der Waals surface area contributed by atoms with Crippen LogP contribution in [0.5, 0.6) is 0 Å². The van der Waals surface area contributed by atoms with Gasteiger partial charge in [0.25, 0.3) is 0 Å². The molecule has 0 heterocycles. The minimum atomic E-state index is -0.663. The number of hydrogen-bond acceptors (Lipinski definition) is 4. The molecule has 0 aromatic heterocycles. The zero-order valence-corrected chi connectivity index (χ0v) is 14.0. The standard InChI is InChI=1S/C20H24N2O2/c1-2-3-4-5-18(19(23)14-6-10-16(21)11-7-14)20(24)15-8-12-17(22)13-9-15/h6-13,18H,2-5,21-22H2,1H3. The van der Waals surface area contributed by atoms with Gasteiger partial charge in [-0.2, -0.15) is 0 Å². The monoisotopic (exact) mass is 324 g/mol. The van der Waals surface area contributed by atoms with E-state index in [-0.39, 0.29) is 11.6 Å². The Morgan fingerprint density at radius 2 is 1.21 bits per heavy atom. The number of anilines is 2. The molecule has 0 atom stereocenters. The summed E-state index contributed by atoms with van der Waals surface area (Å²) in [5.74, 6) is -0.954. The van der Waals surface area contributed by atoms with Gasteiger partial charge >= 0.3 is 0 Å². The van der Waals surface area contributed by atoms with E-state index in [9.17, 15) is 9.59 Å². The van der Waals surface area contributed by atoms with E-state index in [4.69, 9.17) is 11.5 Å². The van der Waals surface area contributed by atoms with E-state index in [1.807, 2.05) is 0 Å². The zero-order valence-electron chi connectivity index (χ0n) is 14.0. The van der Waals surface area contributed by atoms with Crippen molar-refractivity contribution in [3.63, 3.8) is 0 Å². The SMILES string of the molecule is CCCCCC(C(=O)c1ccc(N)cc1)C(=O)c1ccc(N)cc1. The fourth-order valence-corrected chi connectivity index (χ4v) is 2.68. The van der Waals surface area contributed by atoms with E-state index < -0.39 is 5.92 Å². The number of nitrogen functional groups attached to an aromatic ring is 2. The summed E-state index contributed by atoms with van der Waals surface area (Å²) in [6, 6.07) is 13.5. The molecule has 0 saturated heterocycles. The zero-order chi connectivity index (χ0) is 17.5. The number of nitrogens with two attached hydrogens (primary N) is 2. The van der Waals surface area contributed by atoms with Crippen LogP contribution in [0.1, 0.15) is 53.3 Å². The third-order valence-corrected chi connectivity index (χ3v) is 4.12. The lowest BCUT2D eigenvalue weighted by atomic mass is 9.86. The van der Waals surface area contributed by atoms with Crippen molar-refractivity contribution in [2.75, 3.05) is 11.5 Å². The van der Waals surface area contributed by atoms with Crippen LogP contribution in [0.25, 0.3) is 0 Å². The third kappa shape index (κ3) is 4.44. The number of carbonyl (C=O) groups excluding carboxylic acids is 2. The average molecular weight is 324 g/mol. The summed E-state index contributed by atoms with van der Waals surface area (Å²) in [4.78, 5) is 25.7. The second-order valence-corrected chi connectivity index (χ2v) is 6.02. The van der Waals surface area contributed by atoms with Crippen molar-refractivity contribution in [1.82, 2.24) is 0 Å². The van der Waals surface area contributed by atoms with Crippen LogP contribution in [-0.4, -0.2) is 11.6 Å². The minimum absolute atomic E-state index is 0.145. The quantitative estimate of drug-likeness (QED) is 0.331. The maximum atomic E-state index is 12.8. The Balaban J connectivity index is 2.25. The summed E-state index contributed by atoms with van der Waals surface area (Å²) >= 11 is 0. The number of ketones is 2. The summed E-state index contributed by atoms with van der Waals surface area (Å²) in [5, 5.41) is 0. The summed E-state index contributed by atoms with van der Waals surface area (Å²) in [5.41, 5.74) is 13.6. The molecule has 0 bridgehead atoms. The van der Waals surface area contributed by atoms with Gasteiger partial charge in [0, 0.05) is 22.5 Å². The third-order valence-electron chi connectivity index (χ3n) is 4.12. The van der Waals surface area contributed by atoms with Crippen LogP contribution in [-0.2, 0) is 0 Å². The summed E-state index contributed by atoms with van der Waals surface area (Å²) in [6.45, 7) is 2.10. The van der Waals surface area contributed by atoms with E-state index in [1.54, 1.807) is 48.5 Å². The highest BCUT2D eigenvalue weighted by Gasteiger charge is 2.28. The molecule has 0 radical (unpaired) electrons. The van der Waals surface area contributed by atoms with Crippen molar-refractivity contribution in [3.05, 3.63) is 59.7 Å². The van der Waals surface area contributed by atoms with Crippen molar-refractivity contribution in [1.29, 1.82) is 0 Å². The molecular weight excluding hydrogens is 300 g/mol. The molecule has 2 aromatic carbocycles. The van der Waals surface area contributed by atoms with Crippen LogP contribution in [0, 0.1) is 5.92 Å². The lowest BCUT2D eigenvalue weighted by Crippen LogP contribution is -2.24. The Bertz CT molecular complexity index is 633. The van der Waals surface area contributed by atoms with Gasteiger partial charge in [0.1, 0.15) is 0 Å². The molecule has 0 saturated carbocycles. The summed E-state index contributed by atoms with van der Waals surface area (Å²) < 4.78 is 0. The molecule has 0 amide bonds. The molecule has 24 heavy (non-hydrogen) atoms. The first-order valence-corrected chi connectivity index (χ1v) is 8.32. The van der Waals surface area contributed by atoms with Crippen LogP contribution < -0.4 is 11.5 Å². The van der Waals surface area contributed by atoms with Crippen LogP contribution >= 0.6 is 0 Å². The normalized spacial score (nSPS) is 10.8. The van der Waals surface area contributed by atoms with Gasteiger partial charge in [0.2, 0.25) is 0 Å². The molecule has 126 valence electrons. The van der Waals surface area contributed by atoms with Gasteiger partial charge < -0.3 is 11.5 Å². The molecule has 2 rings (SSSR count). The van der Waals surface area contributed by atoms with Crippen molar-refractivity contribution in [2.45, 2.75) is 32.6 Å². The lowest BCUT2D eigenvalue weighted by molar-refractivity contribution is 0.0797. The molecule has 4 N–H and O–H groups in total. The van der Waals surface area contributed by atoms with Crippen molar-refractivity contribution < 1.29 is 9.59 Å². The second-order valence-electron chi connectivity index (χ2n) is 6.02. The van der Waals surface area contributed by atoms with Gasteiger partial charge in [-0.25, -0.2) is 0 Å². The average Bonchev–Trinajstić information content (AvgIpc) is 2.59. The van der Waals surface area contributed by atoms with E-state index >= 15 is 0 Å². The van der Waals surface area contributed by atoms with Gasteiger partial charge in [-0.1, -0.05) is 26.2 Å². The largest absolute Gasteiger partial charge is 0.399 e. The smallest absolute Gasteiger partial charge is 0.173 e. The summed E-state index contributed by atoms with van der Waals surface area (Å²) in [6.07, 6.45) is 3.45. The second kappa shape index (κ2) is 8.29. The maximum absolute atomic E-state index is 12.8. The van der Waals surface area contributed by atoms with Crippen molar-refractivity contribution >= 4 is 22.9 Å². The van der Waals surface area contributed by atoms with Crippen molar-refractivity contribution in [2.24, 2.45) is 5.92 Å². The molecule has 0 aliphatic heterocycles. The van der Waals surface area contributed by atoms with E-state index in [0.29, 0.717) is 28.9 Å². The predicted octanol–water partition coefficient (Wildman–Crippen LogP) is 4.11. The molecule has 0 aliphatic rings. The van der Waals surface area contributed by atoms with Gasteiger partial charge in [0.15, 0.2) is 11.6 Å². The molecular formula is C20H24N2O2. The van der Waals surface area contributed by atoms with Gasteiger partial charge in [-0.05, 0) is 55.0 Å². The number of hydrogen-bond donors (Lipinski definition) is 2. The lowest BCUT2D eigenvalue weighted by Gasteiger charge is -2.15. The number of Topliss-reactive ketones (excluding diaryl/α,β-unsaturated/α-hetero) is 2. The highest BCUT2D eigenvalue weighted by molar-refractivity contribution is 6.16. The molecule has 2 aromatic rings. The molecule has 4 heteroatoms. The van der Waals surface area contributed by atoms with Crippen LogP contribution in [0.3, 0.4) is 0 Å². The van der Waals surface area contributed by atoms with Crippen LogP contribution in [0.4, 0.5) is 11.4 Å².